The highest BCUT2D eigenvalue weighted by molar-refractivity contribution is 7.99. The molecular weight excluding hydrogens is 300 g/mol. The average Bonchev–Trinajstić information content (AvgIpc) is 2.49. The summed E-state index contributed by atoms with van der Waals surface area (Å²) in [6, 6.07) is 16.6. The molecule has 2 unspecified atom stereocenters. The number of hydrogen-bond acceptors (Lipinski definition) is 3. The molecule has 0 aromatic heterocycles. The highest BCUT2D eigenvalue weighted by Gasteiger charge is 2.33. The molecule has 0 aliphatic rings. The van der Waals surface area contributed by atoms with E-state index in [2.05, 4.69) is 0 Å². The Kier molecular flexibility index (Phi) is 5.22. The fourth-order valence-corrected chi connectivity index (χ4v) is 3.21. The summed E-state index contributed by atoms with van der Waals surface area (Å²) in [7, 11) is 0. The maximum Gasteiger partial charge on any atom is 0.311 e. The molecule has 0 amide bonds. The lowest BCUT2D eigenvalue weighted by molar-refractivity contribution is -0.149. The maximum absolute atomic E-state index is 11.6. The molecule has 0 saturated carbocycles. The second-order valence-corrected chi connectivity index (χ2v) is 6.01. The molecule has 2 atom stereocenters. The molecule has 2 aromatic carbocycles. The summed E-state index contributed by atoms with van der Waals surface area (Å²) in [5, 5.41) is 18.6. The summed E-state index contributed by atoms with van der Waals surface area (Å²) in [6.07, 6.45) is 0. The van der Waals surface area contributed by atoms with Crippen molar-refractivity contribution in [2.75, 3.05) is 0 Å². The summed E-state index contributed by atoms with van der Waals surface area (Å²) >= 11 is 1.43. The van der Waals surface area contributed by atoms with Crippen LogP contribution in [0.2, 0.25) is 0 Å². The van der Waals surface area contributed by atoms with E-state index in [0.29, 0.717) is 5.56 Å². The van der Waals surface area contributed by atoms with Gasteiger partial charge in [0.25, 0.3) is 0 Å². The number of aliphatic carboxylic acids is 2. The van der Waals surface area contributed by atoms with Crippen LogP contribution < -0.4 is 0 Å². The number of carbonyl (C=O) groups is 2. The van der Waals surface area contributed by atoms with Crippen molar-refractivity contribution in [1.29, 1.82) is 0 Å². The molecule has 0 spiro atoms. The quantitative estimate of drug-likeness (QED) is 0.849. The smallest absolute Gasteiger partial charge is 0.311 e. The fourth-order valence-electron chi connectivity index (χ4n) is 2.20. The third kappa shape index (κ3) is 3.68. The normalized spacial score (nSPS) is 13.3. The zero-order valence-corrected chi connectivity index (χ0v) is 12.8. The first-order valence-electron chi connectivity index (χ1n) is 6.78. The predicted octanol–water partition coefficient (Wildman–Crippen LogP) is 3.73. The summed E-state index contributed by atoms with van der Waals surface area (Å²) in [5.74, 6) is -4.33. The average molecular weight is 316 g/mol. The fraction of sp³-hybridized carbons (Fsp3) is 0.176. The van der Waals surface area contributed by atoms with E-state index in [1.165, 1.54) is 18.7 Å². The molecule has 2 N–H and O–H groups in total. The van der Waals surface area contributed by atoms with Crippen molar-refractivity contribution in [3.8, 4) is 0 Å². The minimum atomic E-state index is -1.13. The Hall–Kier alpha value is -2.27. The van der Waals surface area contributed by atoms with Crippen molar-refractivity contribution < 1.29 is 19.8 Å². The van der Waals surface area contributed by atoms with Gasteiger partial charge < -0.3 is 10.2 Å². The molecular formula is C17H16O4S. The van der Waals surface area contributed by atoms with Gasteiger partial charge in [0.15, 0.2) is 0 Å². The van der Waals surface area contributed by atoms with Crippen LogP contribution >= 0.6 is 11.8 Å². The van der Waals surface area contributed by atoms with Gasteiger partial charge in [-0.05, 0) is 23.8 Å². The predicted molar refractivity (Wildman–Crippen MR) is 84.2 cm³/mol. The first-order chi connectivity index (χ1) is 10.5. The SMILES string of the molecule is CC(C(=O)O)C(C(=O)O)c1ccccc1Sc1ccccc1. The Morgan fingerprint density at radius 3 is 2.09 bits per heavy atom. The summed E-state index contributed by atoms with van der Waals surface area (Å²) < 4.78 is 0. The van der Waals surface area contributed by atoms with Gasteiger partial charge in [-0.3, -0.25) is 9.59 Å². The Labute approximate surface area is 132 Å². The van der Waals surface area contributed by atoms with E-state index in [4.69, 9.17) is 0 Å². The molecule has 0 aliphatic heterocycles. The van der Waals surface area contributed by atoms with Gasteiger partial charge in [-0.2, -0.15) is 0 Å². The van der Waals surface area contributed by atoms with E-state index in [1.807, 2.05) is 42.5 Å². The van der Waals surface area contributed by atoms with Gasteiger partial charge in [-0.15, -0.1) is 0 Å². The van der Waals surface area contributed by atoms with E-state index in [-0.39, 0.29) is 0 Å². The number of carboxylic acid groups (broad SMARTS) is 2. The number of carboxylic acids is 2. The van der Waals surface area contributed by atoms with Crippen molar-refractivity contribution in [2.24, 2.45) is 5.92 Å². The number of benzene rings is 2. The monoisotopic (exact) mass is 316 g/mol. The van der Waals surface area contributed by atoms with E-state index in [1.54, 1.807) is 12.1 Å². The summed E-state index contributed by atoms with van der Waals surface area (Å²) in [5.41, 5.74) is 0.527. The molecule has 0 radical (unpaired) electrons. The lowest BCUT2D eigenvalue weighted by Gasteiger charge is -2.20. The second kappa shape index (κ2) is 7.13. The van der Waals surface area contributed by atoms with Crippen molar-refractivity contribution in [3.63, 3.8) is 0 Å². The summed E-state index contributed by atoms with van der Waals surface area (Å²) in [6.45, 7) is 1.42. The molecule has 0 fully saturated rings. The highest BCUT2D eigenvalue weighted by Crippen LogP contribution is 2.36. The van der Waals surface area contributed by atoms with Gasteiger partial charge in [0, 0.05) is 9.79 Å². The molecule has 114 valence electrons. The van der Waals surface area contributed by atoms with Crippen LogP contribution in [0.3, 0.4) is 0 Å². The summed E-state index contributed by atoms with van der Waals surface area (Å²) in [4.78, 5) is 24.5. The standard InChI is InChI=1S/C17H16O4S/c1-11(16(18)19)15(17(20)21)13-9-5-6-10-14(13)22-12-7-3-2-4-8-12/h2-11,15H,1H3,(H,18,19)(H,20,21). The molecule has 0 bridgehead atoms. The molecule has 5 heteroatoms. The van der Waals surface area contributed by atoms with Crippen LogP contribution in [0, 0.1) is 5.92 Å². The molecule has 22 heavy (non-hydrogen) atoms. The van der Waals surface area contributed by atoms with Crippen LogP contribution in [0.4, 0.5) is 0 Å². The third-order valence-corrected chi connectivity index (χ3v) is 4.48. The lowest BCUT2D eigenvalue weighted by atomic mass is 9.87. The zero-order valence-electron chi connectivity index (χ0n) is 12.0. The largest absolute Gasteiger partial charge is 0.481 e. The van der Waals surface area contributed by atoms with Crippen molar-refractivity contribution in [1.82, 2.24) is 0 Å². The zero-order chi connectivity index (χ0) is 16.1. The maximum atomic E-state index is 11.6. The first kappa shape index (κ1) is 16.1. The van der Waals surface area contributed by atoms with E-state index in [0.717, 1.165) is 9.79 Å². The van der Waals surface area contributed by atoms with Crippen molar-refractivity contribution in [3.05, 3.63) is 60.2 Å². The minimum absolute atomic E-state index is 0.527. The molecule has 0 saturated heterocycles. The third-order valence-electron chi connectivity index (χ3n) is 3.38. The molecule has 2 rings (SSSR count). The topological polar surface area (TPSA) is 74.6 Å². The van der Waals surface area contributed by atoms with Crippen LogP contribution in [0.15, 0.2) is 64.4 Å². The molecule has 4 nitrogen and oxygen atoms in total. The second-order valence-electron chi connectivity index (χ2n) is 4.90. The van der Waals surface area contributed by atoms with Gasteiger partial charge in [0.1, 0.15) is 0 Å². The Bertz CT molecular complexity index is 669. The van der Waals surface area contributed by atoms with Gasteiger partial charge in [0.2, 0.25) is 0 Å². The molecule has 2 aromatic rings. The Morgan fingerprint density at radius 1 is 0.909 bits per heavy atom. The van der Waals surface area contributed by atoms with Gasteiger partial charge in [0.05, 0.1) is 11.8 Å². The van der Waals surface area contributed by atoms with E-state index in [9.17, 15) is 19.8 Å². The van der Waals surface area contributed by atoms with Crippen LogP contribution in [-0.4, -0.2) is 22.2 Å². The van der Waals surface area contributed by atoms with Gasteiger partial charge in [-0.25, -0.2) is 0 Å². The number of hydrogen-bond donors (Lipinski definition) is 2. The Balaban J connectivity index is 2.41. The van der Waals surface area contributed by atoms with Crippen LogP contribution in [-0.2, 0) is 9.59 Å². The lowest BCUT2D eigenvalue weighted by Crippen LogP contribution is -2.26. The first-order valence-corrected chi connectivity index (χ1v) is 7.59. The van der Waals surface area contributed by atoms with Crippen molar-refractivity contribution >= 4 is 23.7 Å². The molecule has 0 heterocycles. The van der Waals surface area contributed by atoms with Gasteiger partial charge in [-0.1, -0.05) is 55.1 Å². The molecule has 0 aliphatic carbocycles. The van der Waals surface area contributed by atoms with Gasteiger partial charge >= 0.3 is 11.9 Å². The van der Waals surface area contributed by atoms with E-state index >= 15 is 0 Å². The van der Waals surface area contributed by atoms with E-state index < -0.39 is 23.8 Å². The van der Waals surface area contributed by atoms with Crippen LogP contribution in [0.1, 0.15) is 18.4 Å². The Morgan fingerprint density at radius 2 is 1.50 bits per heavy atom. The minimum Gasteiger partial charge on any atom is -0.481 e. The highest BCUT2D eigenvalue weighted by atomic mass is 32.2. The van der Waals surface area contributed by atoms with Crippen LogP contribution in [0.25, 0.3) is 0 Å². The number of rotatable bonds is 6. The van der Waals surface area contributed by atoms with Crippen molar-refractivity contribution in [2.45, 2.75) is 22.6 Å². The van der Waals surface area contributed by atoms with Crippen LogP contribution in [0.5, 0.6) is 0 Å².